The molecule has 1 amide bonds. The van der Waals surface area contributed by atoms with E-state index in [0.717, 1.165) is 40.4 Å². The second-order valence-corrected chi connectivity index (χ2v) is 8.68. The van der Waals surface area contributed by atoms with Crippen LogP contribution in [0.15, 0.2) is 54.2 Å². The van der Waals surface area contributed by atoms with Crippen LogP contribution in [0, 0.1) is 13.8 Å². The number of carbonyl (C=O) groups is 2. The first-order chi connectivity index (χ1) is 15.5. The number of ketones is 1. The van der Waals surface area contributed by atoms with Gasteiger partial charge in [-0.3, -0.25) is 9.59 Å². The number of aromatic amines is 1. The number of aliphatic hydroxyl groups is 1. The van der Waals surface area contributed by atoms with Crippen molar-refractivity contribution in [3.05, 3.63) is 76.5 Å². The van der Waals surface area contributed by atoms with Gasteiger partial charge in [0.1, 0.15) is 5.76 Å². The highest BCUT2D eigenvalue weighted by Gasteiger charge is 2.47. The monoisotopic (exact) mass is 430 g/mol. The average molecular weight is 431 g/mol. The Morgan fingerprint density at radius 2 is 1.97 bits per heavy atom. The predicted octanol–water partition coefficient (Wildman–Crippen LogP) is 4.39. The minimum Gasteiger partial charge on any atom is -0.507 e. The van der Waals surface area contributed by atoms with Crippen molar-refractivity contribution in [3.63, 3.8) is 0 Å². The Balaban J connectivity index is 1.68. The van der Waals surface area contributed by atoms with Gasteiger partial charge < -0.3 is 19.7 Å². The van der Waals surface area contributed by atoms with Crippen molar-refractivity contribution in [2.45, 2.75) is 38.8 Å². The number of likely N-dealkylation sites (tertiary alicyclic amines) is 1. The summed E-state index contributed by atoms with van der Waals surface area (Å²) in [5.74, 6) is -1.40. The lowest BCUT2D eigenvalue weighted by Crippen LogP contribution is -2.36. The number of fused-ring (bicyclic) bond motifs is 1. The summed E-state index contributed by atoms with van der Waals surface area (Å²) in [5.41, 5.74) is 4.47. The van der Waals surface area contributed by atoms with Crippen LogP contribution in [0.2, 0.25) is 0 Å². The van der Waals surface area contributed by atoms with Crippen molar-refractivity contribution in [1.29, 1.82) is 0 Å². The number of nitrogens with zero attached hydrogens (tertiary/aromatic N) is 1. The van der Waals surface area contributed by atoms with Gasteiger partial charge in [-0.15, -0.1) is 0 Å². The molecule has 0 bridgehead atoms. The van der Waals surface area contributed by atoms with E-state index in [0.29, 0.717) is 18.7 Å². The highest BCUT2D eigenvalue weighted by Crippen LogP contribution is 2.42. The van der Waals surface area contributed by atoms with Gasteiger partial charge in [0, 0.05) is 41.4 Å². The number of H-pyrrole nitrogens is 1. The number of rotatable bonds is 4. The van der Waals surface area contributed by atoms with Gasteiger partial charge in [-0.2, -0.15) is 0 Å². The van der Waals surface area contributed by atoms with Crippen LogP contribution in [0.5, 0.6) is 0 Å². The first-order valence-electron chi connectivity index (χ1n) is 11.0. The number of para-hydroxylation sites is 1. The largest absolute Gasteiger partial charge is 0.507 e. The second-order valence-electron chi connectivity index (χ2n) is 8.68. The van der Waals surface area contributed by atoms with Crippen molar-refractivity contribution in [2.75, 3.05) is 13.2 Å². The van der Waals surface area contributed by atoms with E-state index < -0.39 is 17.7 Å². The van der Waals surface area contributed by atoms with Gasteiger partial charge in [0.25, 0.3) is 11.7 Å². The van der Waals surface area contributed by atoms with Gasteiger partial charge in [0.15, 0.2) is 0 Å². The SMILES string of the molecule is Cc1ccc(/C(O)=C2\C(=O)C(=O)N(CC3CCCO3)C2c2c[nH]c3ccccc23)cc1C. The molecule has 2 atom stereocenters. The lowest BCUT2D eigenvalue weighted by atomic mass is 9.94. The number of carbonyl (C=O) groups excluding carboxylic acids is 2. The third-order valence-corrected chi connectivity index (χ3v) is 6.66. The molecular formula is C26H26N2O4. The molecule has 2 N–H and O–H groups in total. The van der Waals surface area contributed by atoms with Crippen molar-refractivity contribution in [3.8, 4) is 0 Å². The molecule has 3 aromatic rings. The molecule has 6 heteroatoms. The van der Waals surface area contributed by atoms with Crippen molar-refractivity contribution in [1.82, 2.24) is 9.88 Å². The lowest BCUT2D eigenvalue weighted by Gasteiger charge is -2.27. The second kappa shape index (κ2) is 7.95. The fraction of sp³-hybridized carbons (Fsp3) is 0.308. The summed E-state index contributed by atoms with van der Waals surface area (Å²) >= 11 is 0. The van der Waals surface area contributed by atoms with Crippen molar-refractivity contribution >= 4 is 28.4 Å². The first-order valence-corrected chi connectivity index (χ1v) is 11.0. The quantitative estimate of drug-likeness (QED) is 0.365. The third kappa shape index (κ3) is 3.31. The maximum Gasteiger partial charge on any atom is 0.295 e. The Bertz CT molecular complexity index is 1250. The van der Waals surface area contributed by atoms with Gasteiger partial charge in [0.2, 0.25) is 0 Å². The number of aryl methyl sites for hydroxylation is 2. The van der Waals surface area contributed by atoms with Crippen LogP contribution in [0.1, 0.15) is 41.1 Å². The normalized spacial score (nSPS) is 22.9. The molecule has 2 saturated heterocycles. The van der Waals surface area contributed by atoms with Gasteiger partial charge in [0.05, 0.1) is 17.7 Å². The number of nitrogens with one attached hydrogen (secondary N) is 1. The Kier molecular flexibility index (Phi) is 5.10. The van der Waals surface area contributed by atoms with Gasteiger partial charge in [-0.1, -0.05) is 30.3 Å². The zero-order valence-corrected chi connectivity index (χ0v) is 18.2. The van der Waals surface area contributed by atoms with Crippen molar-refractivity contribution in [2.24, 2.45) is 0 Å². The number of aliphatic hydroxyl groups excluding tert-OH is 1. The summed E-state index contributed by atoms with van der Waals surface area (Å²) in [6.45, 7) is 4.93. The molecule has 1 aromatic heterocycles. The zero-order valence-electron chi connectivity index (χ0n) is 18.2. The van der Waals surface area contributed by atoms with Crippen LogP contribution in [-0.4, -0.2) is 45.9 Å². The van der Waals surface area contributed by atoms with Crippen LogP contribution in [-0.2, 0) is 14.3 Å². The van der Waals surface area contributed by atoms with E-state index in [1.54, 1.807) is 11.0 Å². The van der Waals surface area contributed by atoms with E-state index in [1.807, 2.05) is 56.4 Å². The summed E-state index contributed by atoms with van der Waals surface area (Å²) < 4.78 is 5.77. The third-order valence-electron chi connectivity index (χ3n) is 6.66. The molecule has 2 fully saturated rings. The van der Waals surface area contributed by atoms with E-state index in [1.165, 1.54) is 0 Å². The fourth-order valence-corrected chi connectivity index (χ4v) is 4.76. The number of hydrogen-bond donors (Lipinski definition) is 2. The summed E-state index contributed by atoms with van der Waals surface area (Å²) in [5, 5.41) is 12.2. The van der Waals surface area contributed by atoms with Crippen molar-refractivity contribution < 1.29 is 19.4 Å². The van der Waals surface area contributed by atoms with E-state index in [-0.39, 0.29) is 17.4 Å². The Morgan fingerprint density at radius 3 is 2.72 bits per heavy atom. The average Bonchev–Trinajstić information content (AvgIpc) is 3.51. The molecular weight excluding hydrogens is 404 g/mol. The van der Waals surface area contributed by atoms with Crippen LogP contribution in [0.25, 0.3) is 16.7 Å². The highest BCUT2D eigenvalue weighted by molar-refractivity contribution is 6.46. The molecule has 0 spiro atoms. The van der Waals surface area contributed by atoms with E-state index >= 15 is 0 Å². The summed E-state index contributed by atoms with van der Waals surface area (Å²) in [6.07, 6.45) is 3.51. The van der Waals surface area contributed by atoms with Crippen LogP contribution in [0.4, 0.5) is 0 Å². The van der Waals surface area contributed by atoms with E-state index in [4.69, 9.17) is 4.74 Å². The summed E-state index contributed by atoms with van der Waals surface area (Å²) in [7, 11) is 0. The van der Waals surface area contributed by atoms with E-state index in [9.17, 15) is 14.7 Å². The topological polar surface area (TPSA) is 82.6 Å². The molecule has 2 aliphatic heterocycles. The molecule has 32 heavy (non-hydrogen) atoms. The smallest absolute Gasteiger partial charge is 0.295 e. The number of aromatic nitrogens is 1. The molecule has 3 heterocycles. The number of amides is 1. The fourth-order valence-electron chi connectivity index (χ4n) is 4.76. The molecule has 0 saturated carbocycles. The summed E-state index contributed by atoms with van der Waals surface area (Å²) in [4.78, 5) is 31.2. The zero-order chi connectivity index (χ0) is 22.4. The molecule has 164 valence electrons. The maximum absolute atomic E-state index is 13.2. The molecule has 5 rings (SSSR count). The number of benzene rings is 2. The molecule has 0 radical (unpaired) electrons. The predicted molar refractivity (Wildman–Crippen MR) is 122 cm³/mol. The molecule has 6 nitrogen and oxygen atoms in total. The Morgan fingerprint density at radius 1 is 1.16 bits per heavy atom. The van der Waals surface area contributed by atoms with E-state index in [2.05, 4.69) is 4.98 Å². The minimum atomic E-state index is -0.683. The van der Waals surface area contributed by atoms with Gasteiger partial charge in [-0.25, -0.2) is 0 Å². The molecule has 0 aliphatic carbocycles. The number of ether oxygens (including phenoxy) is 1. The lowest BCUT2D eigenvalue weighted by molar-refractivity contribution is -0.140. The van der Waals surface area contributed by atoms with Crippen LogP contribution < -0.4 is 0 Å². The Labute approximate surface area is 186 Å². The highest BCUT2D eigenvalue weighted by atomic mass is 16.5. The van der Waals surface area contributed by atoms with Crippen LogP contribution >= 0.6 is 0 Å². The number of Topliss-reactive ketones (excluding diaryl/α,β-unsaturated/α-hetero) is 1. The minimum absolute atomic E-state index is 0.109. The van der Waals surface area contributed by atoms with Gasteiger partial charge >= 0.3 is 0 Å². The Hall–Kier alpha value is -3.38. The summed E-state index contributed by atoms with van der Waals surface area (Å²) in [6, 6.07) is 12.6. The molecule has 2 aromatic carbocycles. The standard InChI is InChI=1S/C26H26N2O4/c1-15-9-10-17(12-16(15)2)24(29)22-23(20-13-27-21-8-4-3-7-19(20)21)28(26(31)25(22)30)14-18-6-5-11-32-18/h3-4,7-10,12-13,18,23,27,29H,5-6,11,14H2,1-2H3/b24-22+. The molecule has 2 unspecified atom stereocenters. The maximum atomic E-state index is 13.2. The number of hydrogen-bond acceptors (Lipinski definition) is 4. The van der Waals surface area contributed by atoms with Crippen LogP contribution in [0.3, 0.4) is 0 Å². The van der Waals surface area contributed by atoms with Gasteiger partial charge in [-0.05, 0) is 49.9 Å². The first kappa shape index (κ1) is 20.5. The molecule has 2 aliphatic rings.